The summed E-state index contributed by atoms with van der Waals surface area (Å²) in [5, 5.41) is 0.653. The Bertz CT molecular complexity index is 516. The first-order chi connectivity index (χ1) is 6.20. The molecule has 4 heteroatoms. The molecule has 13 heavy (non-hydrogen) atoms. The number of rotatable bonds is 0. The summed E-state index contributed by atoms with van der Waals surface area (Å²) in [5.41, 5.74) is 1.50. The average molecular weight is 175 g/mol. The van der Waals surface area contributed by atoms with Gasteiger partial charge in [0.2, 0.25) is 0 Å². The van der Waals surface area contributed by atoms with Crippen LogP contribution in [0.25, 0.3) is 10.9 Å². The van der Waals surface area contributed by atoms with Crippen LogP contribution in [0, 0.1) is 6.92 Å². The quantitative estimate of drug-likeness (QED) is 0.590. The van der Waals surface area contributed by atoms with Crippen LogP contribution in [-0.4, -0.2) is 14.5 Å². The third-order valence-electron chi connectivity index (χ3n) is 2.02. The normalized spacial score (nSPS) is 10.6. The van der Waals surface area contributed by atoms with Gasteiger partial charge in [-0.05, 0) is 12.5 Å². The molecular formula is C9H9N3O. The van der Waals surface area contributed by atoms with Crippen LogP contribution in [0.15, 0.2) is 23.5 Å². The maximum atomic E-state index is 11.6. The van der Waals surface area contributed by atoms with Crippen molar-refractivity contribution in [2.45, 2.75) is 6.92 Å². The second kappa shape index (κ2) is 2.65. The number of hydrogen-bond acceptors (Lipinski definition) is 3. The fraction of sp³-hybridized carbons (Fsp3) is 0.222. The van der Waals surface area contributed by atoms with E-state index >= 15 is 0 Å². The maximum Gasteiger partial charge on any atom is 0.261 e. The summed E-state index contributed by atoms with van der Waals surface area (Å²) in [5.74, 6) is 0. The molecule has 0 saturated heterocycles. The lowest BCUT2D eigenvalue weighted by molar-refractivity contribution is 0.841. The van der Waals surface area contributed by atoms with Crippen molar-refractivity contribution in [3.8, 4) is 0 Å². The van der Waals surface area contributed by atoms with Gasteiger partial charge in [0, 0.05) is 13.2 Å². The van der Waals surface area contributed by atoms with Gasteiger partial charge in [-0.2, -0.15) is 0 Å². The molecule has 2 heterocycles. The Morgan fingerprint density at radius 1 is 1.38 bits per heavy atom. The Morgan fingerprint density at radius 2 is 2.15 bits per heavy atom. The van der Waals surface area contributed by atoms with Crippen molar-refractivity contribution in [2.75, 3.05) is 0 Å². The molecule has 0 saturated carbocycles. The van der Waals surface area contributed by atoms with Gasteiger partial charge in [-0.3, -0.25) is 9.78 Å². The molecule has 0 atom stereocenters. The lowest BCUT2D eigenvalue weighted by atomic mass is 10.2. The van der Waals surface area contributed by atoms with Crippen LogP contribution in [0.2, 0.25) is 0 Å². The van der Waals surface area contributed by atoms with E-state index in [2.05, 4.69) is 9.97 Å². The first kappa shape index (κ1) is 7.91. The fourth-order valence-corrected chi connectivity index (χ4v) is 1.30. The minimum atomic E-state index is -0.0232. The fourth-order valence-electron chi connectivity index (χ4n) is 1.30. The van der Waals surface area contributed by atoms with E-state index in [1.807, 2.05) is 6.92 Å². The monoisotopic (exact) mass is 175 g/mol. The molecule has 0 aliphatic heterocycles. The van der Waals surface area contributed by atoms with Gasteiger partial charge in [0.05, 0.1) is 23.4 Å². The minimum Gasteiger partial charge on any atom is -0.302 e. The van der Waals surface area contributed by atoms with Gasteiger partial charge in [0.25, 0.3) is 5.56 Å². The Kier molecular flexibility index (Phi) is 1.62. The summed E-state index contributed by atoms with van der Waals surface area (Å²) in [6, 6.07) is 0. The molecular weight excluding hydrogens is 166 g/mol. The number of aromatic nitrogens is 3. The minimum absolute atomic E-state index is 0.0232. The predicted octanol–water partition coefficient (Wildman–Crippen LogP) is 0.637. The van der Waals surface area contributed by atoms with Crippen LogP contribution in [-0.2, 0) is 7.05 Å². The molecule has 0 N–H and O–H groups in total. The van der Waals surface area contributed by atoms with Crippen molar-refractivity contribution in [1.82, 2.24) is 14.5 Å². The molecule has 0 radical (unpaired) electrons. The Morgan fingerprint density at radius 3 is 2.92 bits per heavy atom. The number of hydrogen-bond donors (Lipinski definition) is 0. The molecule has 0 amide bonds. The summed E-state index contributed by atoms with van der Waals surface area (Å²) >= 11 is 0. The molecule has 66 valence electrons. The summed E-state index contributed by atoms with van der Waals surface area (Å²) in [6.45, 7) is 1.86. The summed E-state index contributed by atoms with van der Waals surface area (Å²) in [6.07, 6.45) is 4.78. The van der Waals surface area contributed by atoms with E-state index in [-0.39, 0.29) is 5.56 Å². The van der Waals surface area contributed by atoms with Crippen molar-refractivity contribution >= 4 is 10.9 Å². The Balaban J connectivity index is 3.06. The van der Waals surface area contributed by atoms with Crippen molar-refractivity contribution in [3.05, 3.63) is 34.6 Å². The Labute approximate surface area is 74.9 Å². The average Bonchev–Trinajstić information content (AvgIpc) is 2.12. The largest absolute Gasteiger partial charge is 0.302 e. The van der Waals surface area contributed by atoms with E-state index < -0.39 is 0 Å². The van der Waals surface area contributed by atoms with Crippen molar-refractivity contribution in [1.29, 1.82) is 0 Å². The SMILES string of the molecule is Cc1cncc2ncn(C)c(=O)c12. The van der Waals surface area contributed by atoms with Crippen LogP contribution in [0.3, 0.4) is 0 Å². The van der Waals surface area contributed by atoms with Gasteiger partial charge in [0.15, 0.2) is 0 Å². The van der Waals surface area contributed by atoms with Crippen LogP contribution >= 0.6 is 0 Å². The zero-order valence-corrected chi connectivity index (χ0v) is 7.48. The molecule has 4 nitrogen and oxygen atoms in total. The lowest BCUT2D eigenvalue weighted by Gasteiger charge is -2.01. The Hall–Kier alpha value is -1.71. The van der Waals surface area contributed by atoms with Crippen LogP contribution in [0.4, 0.5) is 0 Å². The zero-order chi connectivity index (χ0) is 9.42. The van der Waals surface area contributed by atoms with Gasteiger partial charge in [-0.1, -0.05) is 0 Å². The van der Waals surface area contributed by atoms with Crippen LogP contribution in [0.1, 0.15) is 5.56 Å². The zero-order valence-electron chi connectivity index (χ0n) is 7.48. The molecule has 2 aromatic rings. The molecule has 0 aliphatic rings. The highest BCUT2D eigenvalue weighted by Crippen LogP contribution is 2.08. The van der Waals surface area contributed by atoms with Gasteiger partial charge in [0.1, 0.15) is 0 Å². The van der Waals surface area contributed by atoms with E-state index in [1.54, 1.807) is 19.4 Å². The number of pyridine rings is 1. The molecule has 0 spiro atoms. The third kappa shape index (κ3) is 1.11. The lowest BCUT2D eigenvalue weighted by Crippen LogP contribution is -2.17. The standard InChI is InChI=1S/C9H9N3O/c1-6-3-10-4-7-8(6)9(13)12(2)5-11-7/h3-5H,1-2H3. The highest BCUT2D eigenvalue weighted by atomic mass is 16.1. The van der Waals surface area contributed by atoms with Gasteiger partial charge < -0.3 is 4.57 Å². The van der Waals surface area contributed by atoms with Gasteiger partial charge >= 0.3 is 0 Å². The summed E-state index contributed by atoms with van der Waals surface area (Å²) < 4.78 is 1.47. The predicted molar refractivity (Wildman–Crippen MR) is 49.5 cm³/mol. The highest BCUT2D eigenvalue weighted by molar-refractivity contribution is 5.79. The van der Waals surface area contributed by atoms with E-state index in [0.717, 1.165) is 5.56 Å². The topological polar surface area (TPSA) is 47.8 Å². The second-order valence-corrected chi connectivity index (χ2v) is 3.01. The second-order valence-electron chi connectivity index (χ2n) is 3.01. The first-order valence-corrected chi connectivity index (χ1v) is 3.96. The summed E-state index contributed by atoms with van der Waals surface area (Å²) in [7, 11) is 1.69. The van der Waals surface area contributed by atoms with E-state index in [0.29, 0.717) is 10.9 Å². The van der Waals surface area contributed by atoms with Gasteiger partial charge in [-0.15, -0.1) is 0 Å². The first-order valence-electron chi connectivity index (χ1n) is 3.96. The highest BCUT2D eigenvalue weighted by Gasteiger charge is 2.03. The maximum absolute atomic E-state index is 11.6. The summed E-state index contributed by atoms with van der Waals surface area (Å²) in [4.78, 5) is 19.7. The van der Waals surface area contributed by atoms with Crippen LogP contribution in [0.5, 0.6) is 0 Å². The number of aryl methyl sites for hydroxylation is 2. The molecule has 0 aromatic carbocycles. The third-order valence-corrected chi connectivity index (χ3v) is 2.02. The van der Waals surface area contributed by atoms with E-state index in [9.17, 15) is 4.79 Å². The molecule has 0 unspecified atom stereocenters. The van der Waals surface area contributed by atoms with Gasteiger partial charge in [-0.25, -0.2) is 4.98 Å². The molecule has 2 aromatic heterocycles. The molecule has 0 fully saturated rings. The number of fused-ring (bicyclic) bond motifs is 1. The van der Waals surface area contributed by atoms with Crippen LogP contribution < -0.4 is 5.56 Å². The smallest absolute Gasteiger partial charge is 0.261 e. The molecule has 0 aliphatic carbocycles. The molecule has 2 rings (SSSR count). The van der Waals surface area contributed by atoms with Crippen molar-refractivity contribution in [2.24, 2.45) is 7.05 Å². The van der Waals surface area contributed by atoms with E-state index in [1.165, 1.54) is 10.9 Å². The van der Waals surface area contributed by atoms with Crippen molar-refractivity contribution < 1.29 is 0 Å². The van der Waals surface area contributed by atoms with Crippen molar-refractivity contribution in [3.63, 3.8) is 0 Å². The number of nitrogens with zero attached hydrogens (tertiary/aromatic N) is 3. The van der Waals surface area contributed by atoms with E-state index in [4.69, 9.17) is 0 Å². The molecule has 0 bridgehead atoms.